The second-order valence-electron chi connectivity index (χ2n) is 3.83. The van der Waals surface area contributed by atoms with Crippen molar-refractivity contribution < 1.29 is 0 Å². The van der Waals surface area contributed by atoms with Crippen LogP contribution in [0.25, 0.3) is 25.7 Å². The predicted octanol–water partition coefficient (Wildman–Crippen LogP) is 4.28. The van der Waals surface area contributed by atoms with Gasteiger partial charge in [-0.3, -0.25) is 4.40 Å². The Balaban J connectivity index is 2.05. The monoisotopic (exact) mass is 256 g/mol. The number of aromatic nitrogens is 2. The lowest BCUT2D eigenvalue weighted by Gasteiger charge is -1.89. The number of rotatable bonds is 1. The van der Waals surface area contributed by atoms with Crippen molar-refractivity contribution in [2.45, 2.75) is 0 Å². The summed E-state index contributed by atoms with van der Waals surface area (Å²) in [7, 11) is 0. The third kappa shape index (κ3) is 1.34. The summed E-state index contributed by atoms with van der Waals surface area (Å²) in [5.41, 5.74) is 2.31. The van der Waals surface area contributed by atoms with Crippen LogP contribution in [-0.4, -0.2) is 9.38 Å². The second-order valence-corrected chi connectivity index (χ2v) is 5.78. The van der Waals surface area contributed by atoms with E-state index in [-0.39, 0.29) is 0 Å². The highest BCUT2D eigenvalue weighted by molar-refractivity contribution is 7.23. The molecule has 0 radical (unpaired) electrons. The van der Waals surface area contributed by atoms with Crippen LogP contribution in [0.4, 0.5) is 0 Å². The van der Waals surface area contributed by atoms with Gasteiger partial charge < -0.3 is 0 Å². The third-order valence-electron chi connectivity index (χ3n) is 2.77. The standard InChI is InChI=1S/C13H8N2S2/c1-2-5-12-10(4-1)15-8-9(14-13(15)17-12)11-6-3-7-16-11/h1-8H. The van der Waals surface area contributed by atoms with Gasteiger partial charge in [-0.15, -0.1) is 11.3 Å². The summed E-state index contributed by atoms with van der Waals surface area (Å²) >= 11 is 3.47. The molecule has 0 fully saturated rings. The van der Waals surface area contributed by atoms with E-state index >= 15 is 0 Å². The van der Waals surface area contributed by atoms with Crippen LogP contribution in [0, 0.1) is 0 Å². The van der Waals surface area contributed by atoms with E-state index in [1.54, 1.807) is 22.7 Å². The van der Waals surface area contributed by atoms with Gasteiger partial charge in [0.1, 0.15) is 5.69 Å². The van der Waals surface area contributed by atoms with Crippen LogP contribution in [0.15, 0.2) is 48.0 Å². The van der Waals surface area contributed by atoms with Crippen LogP contribution >= 0.6 is 22.7 Å². The minimum Gasteiger partial charge on any atom is -0.290 e. The van der Waals surface area contributed by atoms with Crippen LogP contribution in [0.3, 0.4) is 0 Å². The first kappa shape index (κ1) is 9.39. The normalized spacial score (nSPS) is 11.5. The zero-order valence-corrected chi connectivity index (χ0v) is 10.5. The maximum Gasteiger partial charge on any atom is 0.195 e. The van der Waals surface area contributed by atoms with Crippen molar-refractivity contribution >= 4 is 37.9 Å². The van der Waals surface area contributed by atoms with E-state index in [1.807, 2.05) is 0 Å². The van der Waals surface area contributed by atoms with Crippen molar-refractivity contribution in [2.24, 2.45) is 0 Å². The molecule has 3 aromatic heterocycles. The van der Waals surface area contributed by atoms with E-state index in [9.17, 15) is 0 Å². The van der Waals surface area contributed by atoms with Gasteiger partial charge in [0.05, 0.1) is 15.1 Å². The molecule has 3 heterocycles. The second kappa shape index (κ2) is 3.42. The topological polar surface area (TPSA) is 17.3 Å². The van der Waals surface area contributed by atoms with Crippen LogP contribution in [-0.2, 0) is 0 Å². The summed E-state index contributed by atoms with van der Waals surface area (Å²) in [6.07, 6.45) is 2.12. The van der Waals surface area contributed by atoms with Gasteiger partial charge in [-0.05, 0) is 23.6 Å². The van der Waals surface area contributed by atoms with Crippen LogP contribution < -0.4 is 0 Å². The summed E-state index contributed by atoms with van der Waals surface area (Å²) in [6, 6.07) is 12.6. The van der Waals surface area contributed by atoms with E-state index in [2.05, 4.69) is 57.4 Å². The first-order chi connectivity index (χ1) is 8.42. The summed E-state index contributed by atoms with van der Waals surface area (Å²) in [6.45, 7) is 0. The SMILES string of the molecule is c1csc(-c2cn3c(n2)sc2ccccc23)c1. The molecule has 0 saturated carbocycles. The number of benzene rings is 1. The summed E-state index contributed by atoms with van der Waals surface area (Å²) in [4.78, 5) is 6.98. The molecule has 0 spiro atoms. The van der Waals surface area contributed by atoms with Gasteiger partial charge >= 0.3 is 0 Å². The van der Waals surface area contributed by atoms with Gasteiger partial charge in [0.2, 0.25) is 0 Å². The van der Waals surface area contributed by atoms with E-state index in [4.69, 9.17) is 0 Å². The maximum absolute atomic E-state index is 4.68. The first-order valence-electron chi connectivity index (χ1n) is 5.32. The lowest BCUT2D eigenvalue weighted by Crippen LogP contribution is -1.74. The predicted molar refractivity (Wildman–Crippen MR) is 73.9 cm³/mol. The number of thiazole rings is 1. The largest absolute Gasteiger partial charge is 0.290 e. The lowest BCUT2D eigenvalue weighted by atomic mass is 10.3. The molecule has 0 atom stereocenters. The molecule has 4 rings (SSSR count). The molecule has 4 aromatic rings. The van der Waals surface area contributed by atoms with Crippen molar-refractivity contribution in [3.05, 3.63) is 48.0 Å². The Hall–Kier alpha value is -1.65. The Morgan fingerprint density at radius 3 is 2.88 bits per heavy atom. The smallest absolute Gasteiger partial charge is 0.195 e. The Labute approximate surface area is 106 Å². The number of fused-ring (bicyclic) bond motifs is 3. The van der Waals surface area contributed by atoms with Crippen molar-refractivity contribution in [3.63, 3.8) is 0 Å². The zero-order chi connectivity index (χ0) is 11.2. The minimum absolute atomic E-state index is 1.06. The Morgan fingerprint density at radius 1 is 1.06 bits per heavy atom. The molecule has 17 heavy (non-hydrogen) atoms. The molecule has 82 valence electrons. The fourth-order valence-corrected chi connectivity index (χ4v) is 3.68. The van der Waals surface area contributed by atoms with Gasteiger partial charge in [-0.1, -0.05) is 29.5 Å². The highest BCUT2D eigenvalue weighted by Gasteiger charge is 2.09. The molecule has 0 amide bonds. The van der Waals surface area contributed by atoms with Gasteiger partial charge in [0, 0.05) is 6.20 Å². The van der Waals surface area contributed by atoms with Crippen molar-refractivity contribution in [1.29, 1.82) is 0 Å². The quantitative estimate of drug-likeness (QED) is 0.497. The van der Waals surface area contributed by atoms with E-state index in [0.717, 1.165) is 10.7 Å². The number of para-hydroxylation sites is 1. The van der Waals surface area contributed by atoms with Crippen LogP contribution in [0.2, 0.25) is 0 Å². The fraction of sp³-hybridized carbons (Fsp3) is 0. The Bertz CT molecular complexity index is 793. The van der Waals surface area contributed by atoms with E-state index in [0.29, 0.717) is 0 Å². The van der Waals surface area contributed by atoms with Crippen LogP contribution in [0.5, 0.6) is 0 Å². The lowest BCUT2D eigenvalue weighted by molar-refractivity contribution is 1.30. The highest BCUT2D eigenvalue weighted by atomic mass is 32.1. The minimum atomic E-state index is 1.06. The van der Waals surface area contributed by atoms with Gasteiger partial charge in [-0.25, -0.2) is 4.98 Å². The Kier molecular flexibility index (Phi) is 1.89. The van der Waals surface area contributed by atoms with E-state index in [1.165, 1.54) is 15.1 Å². The molecule has 0 aliphatic heterocycles. The van der Waals surface area contributed by atoms with Gasteiger partial charge in [0.15, 0.2) is 4.96 Å². The van der Waals surface area contributed by atoms with Crippen molar-refractivity contribution in [3.8, 4) is 10.6 Å². The first-order valence-corrected chi connectivity index (χ1v) is 7.02. The van der Waals surface area contributed by atoms with Crippen molar-refractivity contribution in [1.82, 2.24) is 9.38 Å². The van der Waals surface area contributed by atoms with Gasteiger partial charge in [0.25, 0.3) is 0 Å². The number of hydrogen-bond acceptors (Lipinski definition) is 3. The third-order valence-corrected chi connectivity index (χ3v) is 4.70. The van der Waals surface area contributed by atoms with E-state index < -0.39 is 0 Å². The molecule has 0 saturated heterocycles. The summed E-state index contributed by atoms with van der Waals surface area (Å²) in [5, 5.41) is 2.08. The fourth-order valence-electron chi connectivity index (χ4n) is 1.99. The number of hydrogen-bond donors (Lipinski definition) is 0. The van der Waals surface area contributed by atoms with Crippen molar-refractivity contribution in [2.75, 3.05) is 0 Å². The molecular formula is C13H8N2S2. The van der Waals surface area contributed by atoms with Gasteiger partial charge in [-0.2, -0.15) is 0 Å². The molecule has 0 aliphatic carbocycles. The molecule has 0 N–H and O–H groups in total. The molecule has 0 bridgehead atoms. The Morgan fingerprint density at radius 2 is 2.00 bits per heavy atom. The maximum atomic E-state index is 4.68. The number of nitrogens with zero attached hydrogens (tertiary/aromatic N) is 2. The number of thiophene rings is 1. The molecule has 4 heteroatoms. The highest BCUT2D eigenvalue weighted by Crippen LogP contribution is 2.30. The van der Waals surface area contributed by atoms with Crippen LogP contribution in [0.1, 0.15) is 0 Å². The summed E-state index contributed by atoms with van der Waals surface area (Å²) in [5.74, 6) is 0. The summed E-state index contributed by atoms with van der Waals surface area (Å²) < 4.78 is 3.46. The molecule has 2 nitrogen and oxygen atoms in total. The average Bonchev–Trinajstić information content (AvgIpc) is 3.03. The number of imidazole rings is 1. The zero-order valence-electron chi connectivity index (χ0n) is 8.83. The molecule has 0 aliphatic rings. The average molecular weight is 256 g/mol. The molecular weight excluding hydrogens is 248 g/mol. The molecule has 1 aromatic carbocycles. The molecule has 0 unspecified atom stereocenters.